The Morgan fingerprint density at radius 1 is 1.25 bits per heavy atom. The largest absolute Gasteiger partial charge is 0.396 e. The van der Waals surface area contributed by atoms with Crippen molar-refractivity contribution < 1.29 is 15.3 Å². The molecule has 1 aliphatic heterocycles. The predicted molar refractivity (Wildman–Crippen MR) is 44.7 cm³/mol. The Bertz CT molecular complexity index is 134. The van der Waals surface area contributed by atoms with Crippen molar-refractivity contribution in [1.82, 2.24) is 5.32 Å². The molecule has 0 spiro atoms. The number of hydrogen-bond acceptors (Lipinski definition) is 4. The number of rotatable bonds is 3. The second kappa shape index (κ2) is 4.18. The minimum Gasteiger partial charge on any atom is -0.396 e. The fourth-order valence-electron chi connectivity index (χ4n) is 1.72. The zero-order valence-electron chi connectivity index (χ0n) is 7.16. The fraction of sp³-hybridized carbons (Fsp3) is 1.00. The maximum Gasteiger partial charge on any atom is 0.0849 e. The summed E-state index contributed by atoms with van der Waals surface area (Å²) in [6.07, 6.45) is 0.667. The molecule has 0 amide bonds. The molecule has 0 saturated carbocycles. The number of piperidine rings is 1. The molecule has 0 aliphatic carbocycles. The minimum absolute atomic E-state index is 0.0452. The van der Waals surface area contributed by atoms with E-state index in [-0.39, 0.29) is 13.2 Å². The molecule has 1 fully saturated rings. The van der Waals surface area contributed by atoms with Gasteiger partial charge in [-0.3, -0.25) is 0 Å². The van der Waals surface area contributed by atoms with Crippen molar-refractivity contribution >= 4 is 0 Å². The van der Waals surface area contributed by atoms with Crippen LogP contribution in [0.5, 0.6) is 0 Å². The van der Waals surface area contributed by atoms with Crippen LogP contribution in [0.25, 0.3) is 0 Å². The van der Waals surface area contributed by atoms with E-state index in [0.29, 0.717) is 0 Å². The molecule has 1 atom stereocenters. The number of aliphatic hydroxyl groups excluding tert-OH is 3. The Labute approximate surface area is 72.2 Å². The quantitative estimate of drug-likeness (QED) is 0.430. The molecule has 72 valence electrons. The molecule has 0 aromatic heterocycles. The zero-order valence-corrected chi connectivity index (χ0v) is 7.16. The normalized spacial score (nSPS) is 25.2. The van der Waals surface area contributed by atoms with Gasteiger partial charge in [0.15, 0.2) is 0 Å². The SMILES string of the molecule is OCC(O)C1(CO)CCNCC1. The maximum absolute atomic E-state index is 9.50. The lowest BCUT2D eigenvalue weighted by Gasteiger charge is -2.39. The highest BCUT2D eigenvalue weighted by Gasteiger charge is 2.37. The molecule has 1 unspecified atom stereocenters. The van der Waals surface area contributed by atoms with E-state index >= 15 is 0 Å². The van der Waals surface area contributed by atoms with Crippen molar-refractivity contribution in [2.45, 2.75) is 18.9 Å². The third kappa shape index (κ3) is 1.77. The van der Waals surface area contributed by atoms with Gasteiger partial charge in [-0.2, -0.15) is 0 Å². The lowest BCUT2D eigenvalue weighted by Crippen LogP contribution is -2.48. The Kier molecular flexibility index (Phi) is 3.46. The number of hydrogen-bond donors (Lipinski definition) is 4. The topological polar surface area (TPSA) is 72.7 Å². The van der Waals surface area contributed by atoms with Crippen LogP contribution in [-0.2, 0) is 0 Å². The van der Waals surface area contributed by atoms with Gasteiger partial charge in [0.05, 0.1) is 19.3 Å². The molecule has 1 heterocycles. The second-order valence-corrected chi connectivity index (χ2v) is 3.47. The summed E-state index contributed by atoms with van der Waals surface area (Å²) in [7, 11) is 0. The van der Waals surface area contributed by atoms with E-state index in [1.54, 1.807) is 0 Å². The highest BCUT2D eigenvalue weighted by Crippen LogP contribution is 2.31. The summed E-state index contributed by atoms with van der Waals surface area (Å²) in [6, 6.07) is 0. The molecule has 12 heavy (non-hydrogen) atoms. The van der Waals surface area contributed by atoms with E-state index in [1.165, 1.54) is 0 Å². The highest BCUT2D eigenvalue weighted by atomic mass is 16.3. The summed E-state index contributed by atoms with van der Waals surface area (Å²) >= 11 is 0. The van der Waals surface area contributed by atoms with Gasteiger partial charge < -0.3 is 20.6 Å². The molecule has 1 aliphatic rings. The molecule has 4 nitrogen and oxygen atoms in total. The van der Waals surface area contributed by atoms with Crippen LogP contribution < -0.4 is 5.32 Å². The van der Waals surface area contributed by atoms with E-state index in [4.69, 9.17) is 10.2 Å². The molecular weight excluding hydrogens is 158 g/mol. The smallest absolute Gasteiger partial charge is 0.0849 e. The Morgan fingerprint density at radius 2 is 1.83 bits per heavy atom. The van der Waals surface area contributed by atoms with Crippen molar-refractivity contribution in [3.05, 3.63) is 0 Å². The lowest BCUT2D eigenvalue weighted by molar-refractivity contribution is -0.0630. The van der Waals surface area contributed by atoms with Gasteiger partial charge in [-0.1, -0.05) is 0 Å². The molecule has 4 N–H and O–H groups in total. The van der Waals surface area contributed by atoms with Gasteiger partial charge in [-0.15, -0.1) is 0 Å². The first-order valence-corrected chi connectivity index (χ1v) is 4.36. The average Bonchev–Trinajstić information content (AvgIpc) is 2.17. The molecule has 0 bridgehead atoms. The third-order valence-corrected chi connectivity index (χ3v) is 2.79. The first kappa shape index (κ1) is 9.92. The first-order chi connectivity index (χ1) is 5.75. The van der Waals surface area contributed by atoms with Crippen molar-refractivity contribution in [2.24, 2.45) is 5.41 Å². The predicted octanol–water partition coefficient (Wildman–Crippen LogP) is -1.30. The summed E-state index contributed by atoms with van der Waals surface area (Å²) < 4.78 is 0. The summed E-state index contributed by atoms with van der Waals surface area (Å²) in [5.41, 5.74) is -0.472. The third-order valence-electron chi connectivity index (χ3n) is 2.79. The molecule has 0 radical (unpaired) electrons. The summed E-state index contributed by atoms with van der Waals surface area (Å²) in [6.45, 7) is 1.30. The van der Waals surface area contributed by atoms with Crippen LogP contribution in [0.2, 0.25) is 0 Å². The van der Waals surface area contributed by atoms with Gasteiger partial charge in [-0.05, 0) is 25.9 Å². The van der Waals surface area contributed by atoms with Crippen LogP contribution in [0.15, 0.2) is 0 Å². The average molecular weight is 175 g/mol. The fourth-order valence-corrected chi connectivity index (χ4v) is 1.72. The number of nitrogens with one attached hydrogen (secondary N) is 1. The van der Waals surface area contributed by atoms with E-state index < -0.39 is 11.5 Å². The van der Waals surface area contributed by atoms with Gasteiger partial charge in [0.1, 0.15) is 0 Å². The van der Waals surface area contributed by atoms with E-state index in [1.807, 2.05) is 0 Å². The highest BCUT2D eigenvalue weighted by molar-refractivity contribution is 4.89. The Balaban J connectivity index is 2.59. The van der Waals surface area contributed by atoms with Gasteiger partial charge in [-0.25, -0.2) is 0 Å². The monoisotopic (exact) mass is 175 g/mol. The zero-order chi connectivity index (χ0) is 9.03. The molecule has 0 aromatic carbocycles. The van der Waals surface area contributed by atoms with Gasteiger partial charge >= 0.3 is 0 Å². The Hall–Kier alpha value is -0.160. The van der Waals surface area contributed by atoms with Crippen LogP contribution in [0.4, 0.5) is 0 Å². The van der Waals surface area contributed by atoms with Gasteiger partial charge in [0.25, 0.3) is 0 Å². The van der Waals surface area contributed by atoms with E-state index in [2.05, 4.69) is 5.32 Å². The van der Waals surface area contributed by atoms with Gasteiger partial charge in [0, 0.05) is 5.41 Å². The van der Waals surface area contributed by atoms with E-state index in [0.717, 1.165) is 25.9 Å². The van der Waals surface area contributed by atoms with Crippen LogP contribution in [0, 0.1) is 5.41 Å². The minimum atomic E-state index is -0.787. The van der Waals surface area contributed by atoms with Crippen LogP contribution >= 0.6 is 0 Å². The molecule has 1 rings (SSSR count). The van der Waals surface area contributed by atoms with Crippen LogP contribution in [0.3, 0.4) is 0 Å². The molecule has 4 heteroatoms. The van der Waals surface area contributed by atoms with Crippen molar-refractivity contribution in [2.75, 3.05) is 26.3 Å². The summed E-state index contributed by atoms with van der Waals surface area (Å²) in [5.74, 6) is 0. The molecule has 1 saturated heterocycles. The van der Waals surface area contributed by atoms with Crippen molar-refractivity contribution in [3.8, 4) is 0 Å². The molecule has 0 aromatic rings. The summed E-state index contributed by atoms with van der Waals surface area (Å²) in [4.78, 5) is 0. The van der Waals surface area contributed by atoms with Crippen LogP contribution in [0.1, 0.15) is 12.8 Å². The van der Waals surface area contributed by atoms with Crippen molar-refractivity contribution in [3.63, 3.8) is 0 Å². The summed E-state index contributed by atoms with van der Waals surface area (Å²) in [5, 5.41) is 30.6. The van der Waals surface area contributed by atoms with E-state index in [9.17, 15) is 5.11 Å². The van der Waals surface area contributed by atoms with Gasteiger partial charge in [0.2, 0.25) is 0 Å². The Morgan fingerprint density at radius 3 is 2.25 bits per heavy atom. The lowest BCUT2D eigenvalue weighted by atomic mass is 9.75. The molecular formula is C8H17NO3. The van der Waals surface area contributed by atoms with Crippen molar-refractivity contribution in [1.29, 1.82) is 0 Å². The number of aliphatic hydroxyl groups is 3. The first-order valence-electron chi connectivity index (χ1n) is 4.36. The maximum atomic E-state index is 9.50. The standard InChI is InChI=1S/C8H17NO3/c10-5-7(12)8(6-11)1-3-9-4-2-8/h7,9-12H,1-6H2. The second-order valence-electron chi connectivity index (χ2n) is 3.47. The van der Waals surface area contributed by atoms with Crippen LogP contribution in [-0.4, -0.2) is 47.7 Å².